The summed E-state index contributed by atoms with van der Waals surface area (Å²) in [7, 11) is 0. The molecule has 0 bridgehead atoms. The molecular formula is C79H150N10O19. The van der Waals surface area contributed by atoms with E-state index < -0.39 is 17.9 Å². The maximum absolute atomic E-state index is 13.4. The molecular weight excluding hydrogens is 1390 g/mol. The fraction of sp³-hybridized carbons (Fsp3) is 0.886. The van der Waals surface area contributed by atoms with Gasteiger partial charge in [0.2, 0.25) is 41.4 Å². The van der Waals surface area contributed by atoms with E-state index in [1.165, 1.54) is 141 Å². The lowest BCUT2D eigenvalue weighted by Crippen LogP contribution is -2.48. The normalized spacial score (nSPS) is 11.7. The van der Waals surface area contributed by atoms with Gasteiger partial charge in [0.05, 0.1) is 171 Å². The van der Waals surface area contributed by atoms with E-state index in [9.17, 15) is 33.6 Å². The Bertz CT molecular complexity index is 2240. The van der Waals surface area contributed by atoms with Crippen molar-refractivity contribution in [1.82, 2.24) is 52.2 Å². The Kier molecular flexibility index (Phi) is 74.8. The van der Waals surface area contributed by atoms with E-state index in [-0.39, 0.29) is 121 Å². The average Bonchev–Trinajstić information content (AvgIpc) is 1.74. The molecule has 0 fully saturated rings. The minimum atomic E-state index is -1.05. The van der Waals surface area contributed by atoms with Gasteiger partial charge in [0, 0.05) is 84.0 Å². The molecule has 1 aromatic heterocycles. The van der Waals surface area contributed by atoms with Gasteiger partial charge in [-0.2, -0.15) is 0 Å². The van der Waals surface area contributed by atoms with Crippen LogP contribution in [0.1, 0.15) is 251 Å². The highest BCUT2D eigenvalue weighted by Crippen LogP contribution is 2.15. The number of carbonyl (C=O) groups is 7. The fourth-order valence-electron chi connectivity index (χ4n) is 10.9. The van der Waals surface area contributed by atoms with E-state index in [2.05, 4.69) is 75.2 Å². The Morgan fingerprint density at radius 2 is 0.565 bits per heavy atom. The van der Waals surface area contributed by atoms with Gasteiger partial charge in [-0.25, -0.2) is 4.68 Å². The number of hydrogen-bond donors (Lipinski definition) is 7. The van der Waals surface area contributed by atoms with Crippen molar-refractivity contribution in [2.24, 2.45) is 0 Å². The Hall–Kier alpha value is -5.05. The molecule has 1 rings (SSSR count). The number of carbonyl (C=O) groups excluding carboxylic acids is 7. The highest BCUT2D eigenvalue weighted by atomic mass is 16.6. The lowest BCUT2D eigenvalue weighted by molar-refractivity contribution is -0.130. The van der Waals surface area contributed by atoms with E-state index in [1.807, 2.05) is 6.20 Å². The van der Waals surface area contributed by atoms with Crippen LogP contribution in [0.15, 0.2) is 6.20 Å². The zero-order valence-electron chi connectivity index (χ0n) is 67.6. The van der Waals surface area contributed by atoms with Gasteiger partial charge in [0.25, 0.3) is 0 Å². The highest BCUT2D eigenvalue weighted by molar-refractivity contribution is 5.88. The average molecular weight is 1540 g/mol. The van der Waals surface area contributed by atoms with Crippen LogP contribution in [0.25, 0.3) is 0 Å². The van der Waals surface area contributed by atoms with E-state index in [1.54, 1.807) is 4.68 Å². The summed E-state index contributed by atoms with van der Waals surface area (Å²) in [6.45, 7) is 19.1. The molecule has 0 saturated carbocycles. The van der Waals surface area contributed by atoms with Crippen LogP contribution in [0.4, 0.5) is 0 Å². The third kappa shape index (κ3) is 72.5. The van der Waals surface area contributed by atoms with Crippen molar-refractivity contribution in [1.29, 1.82) is 0 Å². The lowest BCUT2D eigenvalue weighted by Gasteiger charge is -2.19. The standard InChI is InChI=1S/C79H150N10O19/c1-5-7-9-11-13-15-17-19-21-23-25-27-29-31-73(90)80-39-49-100-51-41-83-76(93)35-45-97-48-38-82-75(92)34-33-71(79(96)85-43-53-98-46-36-77(94)84-42-52-101-50-40-81-74(91)32-30-28-26-24-22-20-18-16-14-12-10-8-6-2)86-78(95)37-47-99-55-57-103-59-61-105-63-65-107-67-68-108-66-64-106-62-60-104-58-56-102-54-44-89-69-72(70(3)4)87-88-89/h69-71H,5-68H2,1-4H3,(H,80,90)(H,81,91)(H,82,92)(H,83,93)(H,84,94)(H,85,96)(H,86,95)/t71-/m0/s1. The van der Waals surface area contributed by atoms with Gasteiger partial charge in [-0.15, -0.1) is 5.10 Å². The molecule has 1 aromatic rings. The summed E-state index contributed by atoms with van der Waals surface area (Å²) >= 11 is 0. The number of unbranched alkanes of at least 4 members (excludes halogenated alkanes) is 24. The zero-order valence-corrected chi connectivity index (χ0v) is 67.6. The second-order valence-electron chi connectivity index (χ2n) is 27.3. The molecule has 108 heavy (non-hydrogen) atoms. The van der Waals surface area contributed by atoms with E-state index in [0.29, 0.717) is 164 Å². The zero-order chi connectivity index (χ0) is 78.2. The van der Waals surface area contributed by atoms with Crippen LogP contribution in [-0.2, 0) is 96.9 Å². The molecule has 7 amide bonds. The Morgan fingerprint density at radius 1 is 0.306 bits per heavy atom. The van der Waals surface area contributed by atoms with Gasteiger partial charge in [-0.3, -0.25) is 33.6 Å². The van der Waals surface area contributed by atoms with Gasteiger partial charge >= 0.3 is 0 Å². The predicted molar refractivity (Wildman–Crippen MR) is 418 cm³/mol. The van der Waals surface area contributed by atoms with Crippen molar-refractivity contribution < 1.29 is 90.4 Å². The van der Waals surface area contributed by atoms with E-state index in [4.69, 9.17) is 56.8 Å². The highest BCUT2D eigenvalue weighted by Gasteiger charge is 2.22. The molecule has 0 aliphatic carbocycles. The molecule has 29 heteroatoms. The summed E-state index contributed by atoms with van der Waals surface area (Å²) in [6.07, 6.45) is 35.9. The van der Waals surface area contributed by atoms with Gasteiger partial charge < -0.3 is 94.1 Å². The van der Waals surface area contributed by atoms with Crippen molar-refractivity contribution in [3.8, 4) is 0 Å². The SMILES string of the molecule is CCCCCCCCCCCCCCCC(=O)NCCOCCNC(=O)CCOCCNC(=O)CC[C@H](NC(=O)CCOCCOCCOCCOCCOCCOCCOCCOCCn1cc(C(C)C)nn1)C(=O)NCCOCCC(=O)NCCOCCNC(=O)CCCCCCCCCCCCCCC. The number of aromatic nitrogens is 3. The topological polar surface area (TPSA) is 345 Å². The Labute approximate surface area is 649 Å². The van der Waals surface area contributed by atoms with Crippen LogP contribution >= 0.6 is 0 Å². The summed E-state index contributed by atoms with van der Waals surface area (Å²) < 4.78 is 68.6. The van der Waals surface area contributed by atoms with Crippen molar-refractivity contribution in [2.45, 2.75) is 258 Å². The maximum atomic E-state index is 13.4. The van der Waals surface area contributed by atoms with Crippen LogP contribution in [0, 0.1) is 0 Å². The molecule has 0 aliphatic rings. The number of nitrogens with one attached hydrogen (secondary N) is 7. The fourth-order valence-corrected chi connectivity index (χ4v) is 10.9. The predicted octanol–water partition coefficient (Wildman–Crippen LogP) is 8.70. The monoisotopic (exact) mass is 1540 g/mol. The van der Waals surface area contributed by atoms with Crippen molar-refractivity contribution >= 4 is 41.4 Å². The van der Waals surface area contributed by atoms with Gasteiger partial charge in [-0.1, -0.05) is 187 Å². The number of rotatable bonds is 85. The van der Waals surface area contributed by atoms with Gasteiger partial charge in [0.1, 0.15) is 6.04 Å². The number of amides is 7. The first-order valence-corrected chi connectivity index (χ1v) is 41.7. The lowest BCUT2D eigenvalue weighted by atomic mass is 10.0. The molecule has 0 saturated heterocycles. The molecule has 630 valence electrons. The number of ether oxygens (including phenoxy) is 12. The minimum Gasteiger partial charge on any atom is -0.379 e. The molecule has 1 heterocycles. The van der Waals surface area contributed by atoms with E-state index >= 15 is 0 Å². The summed E-state index contributed by atoms with van der Waals surface area (Å²) in [5.74, 6) is -1.34. The van der Waals surface area contributed by atoms with Crippen LogP contribution in [0.3, 0.4) is 0 Å². The molecule has 1 atom stereocenters. The summed E-state index contributed by atoms with van der Waals surface area (Å²) in [4.78, 5) is 88.5. The first-order chi connectivity index (χ1) is 52.9. The summed E-state index contributed by atoms with van der Waals surface area (Å²) in [5, 5.41) is 27.8. The smallest absolute Gasteiger partial charge is 0.242 e. The Morgan fingerprint density at radius 3 is 0.889 bits per heavy atom. The van der Waals surface area contributed by atoms with Crippen LogP contribution < -0.4 is 37.2 Å². The quantitative estimate of drug-likeness (QED) is 0.0300. The van der Waals surface area contributed by atoms with Crippen molar-refractivity contribution in [2.75, 3.05) is 198 Å². The molecule has 0 unspecified atom stereocenters. The van der Waals surface area contributed by atoms with Crippen LogP contribution in [-0.4, -0.2) is 260 Å². The van der Waals surface area contributed by atoms with Crippen LogP contribution in [0.2, 0.25) is 0 Å². The molecule has 0 radical (unpaired) electrons. The van der Waals surface area contributed by atoms with E-state index in [0.717, 1.165) is 31.4 Å². The largest absolute Gasteiger partial charge is 0.379 e. The first-order valence-electron chi connectivity index (χ1n) is 41.7. The third-order valence-electron chi connectivity index (χ3n) is 17.4. The van der Waals surface area contributed by atoms with Gasteiger partial charge in [-0.05, 0) is 25.2 Å². The summed E-state index contributed by atoms with van der Waals surface area (Å²) in [6, 6.07) is -1.05. The van der Waals surface area contributed by atoms with Crippen LogP contribution in [0.5, 0.6) is 0 Å². The number of hydrogen-bond acceptors (Lipinski definition) is 21. The number of nitrogens with zero attached hydrogens (tertiary/aromatic N) is 3. The second kappa shape index (κ2) is 80.0. The van der Waals surface area contributed by atoms with Gasteiger partial charge in [0.15, 0.2) is 0 Å². The maximum Gasteiger partial charge on any atom is 0.242 e. The third-order valence-corrected chi connectivity index (χ3v) is 17.4. The minimum absolute atomic E-state index is 0.00211. The Balaban J connectivity index is 2.26. The summed E-state index contributed by atoms with van der Waals surface area (Å²) in [5.41, 5.74) is 0.966. The molecule has 0 aliphatic heterocycles. The van der Waals surface area contributed by atoms with Crippen molar-refractivity contribution in [3.05, 3.63) is 11.9 Å². The molecule has 29 nitrogen and oxygen atoms in total. The molecule has 0 spiro atoms. The second-order valence-corrected chi connectivity index (χ2v) is 27.3. The molecule has 0 aromatic carbocycles. The first kappa shape index (κ1) is 101. The molecule has 7 N–H and O–H groups in total. The van der Waals surface area contributed by atoms with Crippen molar-refractivity contribution in [3.63, 3.8) is 0 Å².